The molecule has 2 heterocycles. The normalized spacial score (nSPS) is 23.2. The first kappa shape index (κ1) is 11.0. The van der Waals surface area contributed by atoms with Gasteiger partial charge in [-0.05, 0) is 13.5 Å². The Balaban J connectivity index is 1.90. The zero-order chi connectivity index (χ0) is 10.7. The van der Waals surface area contributed by atoms with E-state index in [0.717, 1.165) is 32.5 Å². The first-order valence-electron chi connectivity index (χ1n) is 5.63. The van der Waals surface area contributed by atoms with Gasteiger partial charge in [0.25, 0.3) is 0 Å². The van der Waals surface area contributed by atoms with Gasteiger partial charge in [-0.25, -0.2) is 4.98 Å². The monoisotopic (exact) mass is 225 g/mol. The summed E-state index contributed by atoms with van der Waals surface area (Å²) in [6, 6.07) is 0.583. The summed E-state index contributed by atoms with van der Waals surface area (Å²) in [4.78, 5) is 6.99. The molecule has 2 rings (SSSR count). The van der Waals surface area contributed by atoms with Crippen LogP contribution >= 0.6 is 11.3 Å². The van der Waals surface area contributed by atoms with E-state index in [1.807, 2.05) is 0 Å². The third kappa shape index (κ3) is 3.00. The predicted molar refractivity (Wildman–Crippen MR) is 64.5 cm³/mol. The van der Waals surface area contributed by atoms with Crippen molar-refractivity contribution in [3.63, 3.8) is 0 Å². The number of hydrogen-bond donors (Lipinski definition) is 1. The second-order valence-electron chi connectivity index (χ2n) is 4.20. The van der Waals surface area contributed by atoms with Crippen molar-refractivity contribution in [1.82, 2.24) is 15.2 Å². The number of rotatable bonds is 3. The summed E-state index contributed by atoms with van der Waals surface area (Å²) < 4.78 is 0. The molecular formula is C11H19N3S. The van der Waals surface area contributed by atoms with E-state index < -0.39 is 0 Å². The van der Waals surface area contributed by atoms with Crippen LogP contribution in [0.2, 0.25) is 0 Å². The Morgan fingerprint density at radius 1 is 1.67 bits per heavy atom. The van der Waals surface area contributed by atoms with E-state index in [0.29, 0.717) is 6.04 Å². The number of nitrogens with one attached hydrogen (secondary N) is 1. The molecule has 1 aromatic rings. The lowest BCUT2D eigenvalue weighted by atomic mass is 10.1. The number of piperazine rings is 1. The molecule has 0 bridgehead atoms. The highest BCUT2D eigenvalue weighted by Crippen LogP contribution is 2.13. The largest absolute Gasteiger partial charge is 0.311 e. The van der Waals surface area contributed by atoms with Gasteiger partial charge in [-0.2, -0.15) is 0 Å². The average Bonchev–Trinajstić information content (AvgIpc) is 2.65. The maximum atomic E-state index is 4.61. The maximum Gasteiger partial charge on any atom is 0.0944 e. The van der Waals surface area contributed by atoms with Crippen molar-refractivity contribution in [2.24, 2.45) is 0 Å². The quantitative estimate of drug-likeness (QED) is 0.836. The smallest absolute Gasteiger partial charge is 0.0944 e. The molecule has 84 valence electrons. The summed E-state index contributed by atoms with van der Waals surface area (Å²) in [7, 11) is 2.19. The molecule has 0 aromatic carbocycles. The van der Waals surface area contributed by atoms with Gasteiger partial charge in [0.2, 0.25) is 0 Å². The highest BCUT2D eigenvalue weighted by atomic mass is 32.1. The molecule has 0 spiro atoms. The molecule has 1 aliphatic rings. The fraction of sp³-hybridized carbons (Fsp3) is 0.727. The highest BCUT2D eigenvalue weighted by molar-refractivity contribution is 7.09. The van der Waals surface area contributed by atoms with E-state index in [4.69, 9.17) is 0 Å². The fourth-order valence-electron chi connectivity index (χ4n) is 1.94. The number of hydrogen-bond acceptors (Lipinski definition) is 4. The number of thiazole rings is 1. The van der Waals surface area contributed by atoms with E-state index in [1.54, 1.807) is 11.3 Å². The molecule has 15 heavy (non-hydrogen) atoms. The molecule has 0 radical (unpaired) electrons. The van der Waals surface area contributed by atoms with Gasteiger partial charge < -0.3 is 10.2 Å². The standard InChI is InChI=1S/C11H19N3S/c1-3-9-8-15-11(13-9)6-10-7-14(2)5-4-12-10/h8,10,12H,3-7H2,1-2H3. The van der Waals surface area contributed by atoms with Crippen molar-refractivity contribution in [2.45, 2.75) is 25.8 Å². The van der Waals surface area contributed by atoms with Crippen LogP contribution in [-0.2, 0) is 12.8 Å². The average molecular weight is 225 g/mol. The Bertz CT molecular complexity index is 311. The highest BCUT2D eigenvalue weighted by Gasteiger charge is 2.17. The van der Waals surface area contributed by atoms with Crippen LogP contribution in [0.15, 0.2) is 5.38 Å². The van der Waals surface area contributed by atoms with Crippen molar-refractivity contribution in [1.29, 1.82) is 0 Å². The molecule has 1 atom stereocenters. The first-order chi connectivity index (χ1) is 7.28. The summed E-state index contributed by atoms with van der Waals surface area (Å²) in [5, 5.41) is 7.01. The minimum atomic E-state index is 0.583. The number of nitrogens with zero attached hydrogens (tertiary/aromatic N) is 2. The molecule has 1 N–H and O–H groups in total. The van der Waals surface area contributed by atoms with Crippen molar-refractivity contribution < 1.29 is 0 Å². The van der Waals surface area contributed by atoms with Crippen molar-refractivity contribution in [3.8, 4) is 0 Å². The summed E-state index contributed by atoms with van der Waals surface area (Å²) in [6.45, 7) is 5.56. The third-order valence-corrected chi connectivity index (χ3v) is 3.76. The Labute approximate surface area is 95.5 Å². The third-order valence-electron chi connectivity index (χ3n) is 2.84. The van der Waals surface area contributed by atoms with Crippen LogP contribution in [0, 0.1) is 0 Å². The van der Waals surface area contributed by atoms with Crippen LogP contribution in [0.25, 0.3) is 0 Å². The van der Waals surface area contributed by atoms with Crippen molar-refractivity contribution in [3.05, 3.63) is 16.1 Å². The SMILES string of the molecule is CCc1csc(CC2CN(C)CCN2)n1. The van der Waals surface area contributed by atoms with Gasteiger partial charge in [-0.15, -0.1) is 11.3 Å². The summed E-state index contributed by atoms with van der Waals surface area (Å²) in [6.07, 6.45) is 2.13. The van der Waals surface area contributed by atoms with Crippen LogP contribution in [0.5, 0.6) is 0 Å². The number of aromatic nitrogens is 1. The maximum absolute atomic E-state index is 4.61. The van der Waals surface area contributed by atoms with E-state index >= 15 is 0 Å². The summed E-state index contributed by atoms with van der Waals surface area (Å²) >= 11 is 1.80. The van der Waals surface area contributed by atoms with Gasteiger partial charge in [0.1, 0.15) is 0 Å². The lowest BCUT2D eigenvalue weighted by Gasteiger charge is -2.30. The Hall–Kier alpha value is -0.450. The lowest BCUT2D eigenvalue weighted by Crippen LogP contribution is -2.49. The van der Waals surface area contributed by atoms with Crippen molar-refractivity contribution in [2.75, 3.05) is 26.7 Å². The molecular weight excluding hydrogens is 206 g/mol. The minimum absolute atomic E-state index is 0.583. The zero-order valence-corrected chi connectivity index (χ0v) is 10.3. The van der Waals surface area contributed by atoms with Gasteiger partial charge in [-0.3, -0.25) is 0 Å². The molecule has 1 fully saturated rings. The summed E-state index contributed by atoms with van der Waals surface area (Å²) in [5.41, 5.74) is 1.24. The Kier molecular flexibility index (Phi) is 3.72. The predicted octanol–water partition coefficient (Wildman–Crippen LogP) is 1.15. The molecule has 1 saturated heterocycles. The van der Waals surface area contributed by atoms with Gasteiger partial charge in [0.15, 0.2) is 0 Å². The zero-order valence-electron chi connectivity index (χ0n) is 9.49. The lowest BCUT2D eigenvalue weighted by molar-refractivity contribution is 0.238. The van der Waals surface area contributed by atoms with Crippen LogP contribution < -0.4 is 5.32 Å². The van der Waals surface area contributed by atoms with Gasteiger partial charge in [0.05, 0.1) is 10.7 Å². The Morgan fingerprint density at radius 3 is 3.20 bits per heavy atom. The molecule has 0 saturated carbocycles. The fourth-order valence-corrected chi connectivity index (χ4v) is 2.90. The molecule has 1 unspecified atom stereocenters. The van der Waals surface area contributed by atoms with Crippen molar-refractivity contribution >= 4 is 11.3 Å². The molecule has 3 nitrogen and oxygen atoms in total. The van der Waals surface area contributed by atoms with Crippen LogP contribution in [0.1, 0.15) is 17.6 Å². The van der Waals surface area contributed by atoms with E-state index in [-0.39, 0.29) is 0 Å². The topological polar surface area (TPSA) is 28.2 Å². The molecule has 0 aliphatic carbocycles. The van der Waals surface area contributed by atoms with E-state index in [2.05, 4.69) is 34.6 Å². The second kappa shape index (κ2) is 5.05. The van der Waals surface area contributed by atoms with Gasteiger partial charge in [-0.1, -0.05) is 6.92 Å². The molecule has 1 aliphatic heterocycles. The van der Waals surface area contributed by atoms with Crippen LogP contribution in [-0.4, -0.2) is 42.6 Å². The van der Waals surface area contributed by atoms with E-state index in [1.165, 1.54) is 10.7 Å². The van der Waals surface area contributed by atoms with E-state index in [9.17, 15) is 0 Å². The summed E-state index contributed by atoms with van der Waals surface area (Å²) in [5.74, 6) is 0. The number of likely N-dealkylation sites (N-methyl/N-ethyl adjacent to an activating group) is 1. The second-order valence-corrected chi connectivity index (χ2v) is 5.15. The van der Waals surface area contributed by atoms with Gasteiger partial charge in [0, 0.05) is 37.5 Å². The van der Waals surface area contributed by atoms with Gasteiger partial charge >= 0.3 is 0 Å². The molecule has 1 aromatic heterocycles. The van der Waals surface area contributed by atoms with Crippen LogP contribution in [0.4, 0.5) is 0 Å². The number of aryl methyl sites for hydroxylation is 1. The Morgan fingerprint density at radius 2 is 2.53 bits per heavy atom. The molecule has 0 amide bonds. The first-order valence-corrected chi connectivity index (χ1v) is 6.51. The molecule has 4 heteroatoms. The van der Waals surface area contributed by atoms with Crippen LogP contribution in [0.3, 0.4) is 0 Å². The minimum Gasteiger partial charge on any atom is -0.311 e.